The van der Waals surface area contributed by atoms with Crippen LogP contribution in [0.2, 0.25) is 0 Å². The van der Waals surface area contributed by atoms with Gasteiger partial charge in [0.25, 0.3) is 0 Å². The summed E-state index contributed by atoms with van der Waals surface area (Å²) in [6.45, 7) is -8.23. The fourth-order valence-electron chi connectivity index (χ4n) is 2.87. The molecule has 1 aliphatic rings. The molecule has 3 atom stereocenters. The number of anilines is 1. The molecule has 36 heavy (non-hydrogen) atoms. The zero-order chi connectivity index (χ0) is 27.0. The van der Waals surface area contributed by atoms with Crippen molar-refractivity contribution < 1.29 is 57.2 Å². The SMILES string of the molecule is [N-]=[N+]=NCOC1CC(n2cc(C#CCN)c(N)nc2=O)OC1COP(OO)(OOO)(P(=O)=O)P(=O)=O. The van der Waals surface area contributed by atoms with Crippen molar-refractivity contribution in [1.29, 1.82) is 0 Å². The van der Waals surface area contributed by atoms with E-state index in [1.54, 1.807) is 0 Å². The van der Waals surface area contributed by atoms with Crippen LogP contribution < -0.4 is 17.2 Å². The van der Waals surface area contributed by atoms with Crippen LogP contribution in [0.3, 0.4) is 0 Å². The maximum atomic E-state index is 12.4. The third-order valence-electron chi connectivity index (χ3n) is 4.51. The van der Waals surface area contributed by atoms with Crippen molar-refractivity contribution in [1.82, 2.24) is 9.55 Å². The van der Waals surface area contributed by atoms with Crippen LogP contribution in [-0.2, 0) is 46.6 Å². The normalized spacial score (nSPS) is 20.4. The van der Waals surface area contributed by atoms with E-state index in [4.69, 9.17) is 41.5 Å². The molecule has 1 saturated heterocycles. The van der Waals surface area contributed by atoms with Crippen LogP contribution in [0.15, 0.2) is 16.1 Å². The Morgan fingerprint density at radius 3 is 2.61 bits per heavy atom. The van der Waals surface area contributed by atoms with E-state index in [1.807, 2.05) is 0 Å². The van der Waals surface area contributed by atoms with Gasteiger partial charge in [0.15, 0.2) is 0 Å². The van der Waals surface area contributed by atoms with E-state index in [-0.39, 0.29) is 24.3 Å². The summed E-state index contributed by atoms with van der Waals surface area (Å²) in [5.74, 6) is 4.95. The van der Waals surface area contributed by atoms with Crippen molar-refractivity contribution in [3.05, 3.63) is 32.7 Å². The topological polar surface area (TPSA) is 300 Å². The number of ether oxygens (including phenoxy) is 2. The summed E-state index contributed by atoms with van der Waals surface area (Å²) in [5, 5.41) is 24.0. The number of hydrogen-bond donors (Lipinski definition) is 4. The Hall–Kier alpha value is -2.58. The Balaban J connectivity index is 2.44. The Morgan fingerprint density at radius 1 is 1.36 bits per heavy atom. The predicted molar refractivity (Wildman–Crippen MR) is 114 cm³/mol. The average molecular weight is 573 g/mol. The van der Waals surface area contributed by atoms with E-state index in [2.05, 4.69) is 41.2 Å². The molecule has 1 fully saturated rings. The Bertz CT molecular complexity index is 1240. The minimum absolute atomic E-state index is 0.0181. The molecule has 3 unspecified atom stereocenters. The molecular formula is C13H18N7O13P3. The summed E-state index contributed by atoms with van der Waals surface area (Å²) in [6.07, 6.45) is -2.70. The van der Waals surface area contributed by atoms with Gasteiger partial charge in [-0.15, -0.1) is 0 Å². The van der Waals surface area contributed by atoms with Gasteiger partial charge in [-0.3, -0.25) is 0 Å². The van der Waals surface area contributed by atoms with Gasteiger partial charge in [-0.2, -0.15) is 0 Å². The summed E-state index contributed by atoms with van der Waals surface area (Å²) in [5.41, 5.74) is 18.7. The van der Waals surface area contributed by atoms with Crippen LogP contribution in [-0.4, -0.2) is 52.2 Å². The van der Waals surface area contributed by atoms with Crippen molar-refractivity contribution >= 4 is 27.2 Å². The molecule has 0 aromatic carbocycles. The van der Waals surface area contributed by atoms with Gasteiger partial charge >= 0.3 is 200 Å². The van der Waals surface area contributed by atoms with Crippen LogP contribution in [0.1, 0.15) is 18.2 Å². The molecule has 2 rings (SSSR count). The standard InChI is InChI=1S/C13H18N7O13P3/c14-3-1-2-8-5-20(13(21)18-12(8)15)11-4-9(28-7-17-19-16)10(30-11)6-29-36(32-23,33-31-22,34(24)25)35(26)27/h5,9-11,22-23H,3-4,6-7,14H2,(H2,15,18,21). The molecule has 198 valence electrons. The van der Waals surface area contributed by atoms with Crippen LogP contribution in [0.5, 0.6) is 0 Å². The molecule has 20 nitrogen and oxygen atoms in total. The maximum absolute atomic E-state index is 12.4. The van der Waals surface area contributed by atoms with Crippen LogP contribution in [0, 0.1) is 11.8 Å². The molecule has 23 heteroatoms. The van der Waals surface area contributed by atoms with E-state index in [0.29, 0.717) is 0 Å². The molecule has 1 aromatic rings. The minimum atomic E-state index is -6.61. The summed E-state index contributed by atoms with van der Waals surface area (Å²) in [6, 6.07) is 0. The van der Waals surface area contributed by atoms with Crippen LogP contribution >= 0.6 is 21.4 Å². The Labute approximate surface area is 200 Å². The molecule has 1 aliphatic heterocycles. The second-order valence-electron chi connectivity index (χ2n) is 6.47. The van der Waals surface area contributed by atoms with Gasteiger partial charge in [0.05, 0.1) is 0 Å². The van der Waals surface area contributed by atoms with Gasteiger partial charge in [0, 0.05) is 0 Å². The number of hydrogen-bond acceptors (Lipinski definition) is 17. The van der Waals surface area contributed by atoms with E-state index >= 15 is 0 Å². The summed E-state index contributed by atoms with van der Waals surface area (Å²) < 4.78 is 71.4. The van der Waals surface area contributed by atoms with Crippen molar-refractivity contribution in [2.45, 2.75) is 24.9 Å². The predicted octanol–water partition coefficient (Wildman–Crippen LogP) is 1.48. The first kappa shape index (κ1) is 29.6. The van der Waals surface area contributed by atoms with Crippen LogP contribution in [0.25, 0.3) is 10.4 Å². The fraction of sp³-hybridized carbons (Fsp3) is 0.538. The first-order valence-corrected chi connectivity index (χ1v) is 15.0. The summed E-state index contributed by atoms with van der Waals surface area (Å²) >= 11 is 0. The van der Waals surface area contributed by atoms with Gasteiger partial charge in [0.2, 0.25) is 0 Å². The molecule has 0 spiro atoms. The monoisotopic (exact) mass is 573 g/mol. The molecule has 0 bridgehead atoms. The number of nitrogens with two attached hydrogens (primary N) is 2. The number of azide groups is 1. The second kappa shape index (κ2) is 12.6. The van der Waals surface area contributed by atoms with Gasteiger partial charge in [0.1, 0.15) is 0 Å². The van der Waals surface area contributed by atoms with Gasteiger partial charge in [-0.05, 0) is 0 Å². The molecule has 0 aliphatic carbocycles. The Kier molecular flexibility index (Phi) is 10.4. The summed E-state index contributed by atoms with van der Waals surface area (Å²) in [4.78, 5) is 18.5. The quantitative estimate of drug-likeness (QED) is 0.0523. The average Bonchev–Trinajstić information content (AvgIpc) is 3.24. The molecule has 0 radical (unpaired) electrons. The van der Waals surface area contributed by atoms with Crippen molar-refractivity contribution in [3.63, 3.8) is 0 Å². The first-order chi connectivity index (χ1) is 17.1. The number of rotatable bonds is 12. The summed E-state index contributed by atoms with van der Waals surface area (Å²) in [7, 11) is -8.87. The first-order valence-electron chi connectivity index (χ1n) is 9.25. The van der Waals surface area contributed by atoms with E-state index in [1.165, 1.54) is 6.20 Å². The van der Waals surface area contributed by atoms with Crippen LogP contribution in [0.4, 0.5) is 5.82 Å². The number of aromatic nitrogens is 2. The van der Waals surface area contributed by atoms with Gasteiger partial charge < -0.3 is 0 Å². The molecule has 6 N–H and O–H groups in total. The van der Waals surface area contributed by atoms with Gasteiger partial charge in [-0.1, -0.05) is 0 Å². The zero-order valence-electron chi connectivity index (χ0n) is 17.8. The second-order valence-corrected chi connectivity index (χ2v) is 16.6. The molecule has 2 heterocycles. The van der Waals surface area contributed by atoms with Gasteiger partial charge in [-0.25, -0.2) is 0 Å². The zero-order valence-corrected chi connectivity index (χ0v) is 20.4. The molecule has 0 saturated carbocycles. The van der Waals surface area contributed by atoms with Crippen molar-refractivity contribution in [2.75, 3.05) is 25.6 Å². The third kappa shape index (κ3) is 5.86. The van der Waals surface area contributed by atoms with Crippen molar-refractivity contribution in [3.8, 4) is 11.8 Å². The fourth-order valence-corrected chi connectivity index (χ4v) is 7.30. The molecule has 0 amide bonds. The van der Waals surface area contributed by atoms with Crippen molar-refractivity contribution in [2.24, 2.45) is 10.8 Å². The van der Waals surface area contributed by atoms with E-state index in [0.717, 1.165) is 4.57 Å². The number of nitrogens with zero attached hydrogens (tertiary/aromatic N) is 5. The molecular weight excluding hydrogens is 555 g/mol. The third-order valence-corrected chi connectivity index (χ3v) is 14.2. The Morgan fingerprint density at radius 2 is 2.06 bits per heavy atom. The van der Waals surface area contributed by atoms with E-state index < -0.39 is 58.9 Å². The molecule has 1 aromatic heterocycles. The number of nitrogen functional groups attached to an aromatic ring is 1. The van der Waals surface area contributed by atoms with E-state index in [9.17, 15) is 23.1 Å².